The van der Waals surface area contributed by atoms with Gasteiger partial charge in [-0.25, -0.2) is 8.78 Å². The van der Waals surface area contributed by atoms with Crippen molar-refractivity contribution in [1.82, 2.24) is 0 Å². The number of benzene rings is 2. The summed E-state index contributed by atoms with van der Waals surface area (Å²) in [6.07, 6.45) is 0. The van der Waals surface area contributed by atoms with Gasteiger partial charge in [0.25, 0.3) is 0 Å². The van der Waals surface area contributed by atoms with Crippen molar-refractivity contribution in [2.45, 2.75) is 0 Å². The highest BCUT2D eigenvalue weighted by Crippen LogP contribution is 2.28. The van der Waals surface area contributed by atoms with Crippen molar-refractivity contribution in [1.29, 1.82) is 0 Å². The predicted octanol–water partition coefficient (Wildman–Crippen LogP) is 3.87. The highest BCUT2D eigenvalue weighted by Gasteiger charge is 2.07. The molecule has 4 heteroatoms. The number of halogens is 3. The van der Waals surface area contributed by atoms with Gasteiger partial charge in [0.05, 0.1) is 10.7 Å². The van der Waals surface area contributed by atoms with Gasteiger partial charge in [-0.2, -0.15) is 0 Å². The summed E-state index contributed by atoms with van der Waals surface area (Å²) in [7, 11) is 0. The summed E-state index contributed by atoms with van der Waals surface area (Å²) in [6, 6.07) is 7.93. The van der Waals surface area contributed by atoms with E-state index in [2.05, 4.69) is 0 Å². The van der Waals surface area contributed by atoms with Gasteiger partial charge in [-0.3, -0.25) is 0 Å². The van der Waals surface area contributed by atoms with Crippen LogP contribution in [0.4, 0.5) is 14.5 Å². The zero-order chi connectivity index (χ0) is 11.7. The second kappa shape index (κ2) is 4.10. The minimum Gasteiger partial charge on any atom is -0.398 e. The maximum absolute atomic E-state index is 13.4. The number of hydrogen-bond acceptors (Lipinski definition) is 1. The summed E-state index contributed by atoms with van der Waals surface area (Å²) in [5.74, 6) is -0.993. The fourth-order valence-electron chi connectivity index (χ4n) is 1.43. The summed E-state index contributed by atoms with van der Waals surface area (Å²) in [4.78, 5) is 0. The van der Waals surface area contributed by atoms with Crippen LogP contribution in [0.15, 0.2) is 36.4 Å². The van der Waals surface area contributed by atoms with E-state index in [-0.39, 0.29) is 5.56 Å². The second-order valence-electron chi connectivity index (χ2n) is 3.36. The normalized spacial score (nSPS) is 10.4. The zero-order valence-corrected chi connectivity index (χ0v) is 8.93. The molecule has 0 bridgehead atoms. The molecule has 0 fully saturated rings. The van der Waals surface area contributed by atoms with Crippen LogP contribution >= 0.6 is 11.6 Å². The van der Waals surface area contributed by atoms with Gasteiger partial charge in [0.2, 0.25) is 0 Å². The fraction of sp³-hybridized carbons (Fsp3) is 0. The topological polar surface area (TPSA) is 26.0 Å². The molecule has 16 heavy (non-hydrogen) atoms. The molecule has 0 saturated heterocycles. The molecule has 2 aromatic rings. The van der Waals surface area contributed by atoms with E-state index in [9.17, 15) is 8.78 Å². The Morgan fingerprint density at radius 1 is 1.00 bits per heavy atom. The molecule has 0 saturated carbocycles. The van der Waals surface area contributed by atoms with Crippen LogP contribution in [0.1, 0.15) is 0 Å². The number of anilines is 1. The Labute approximate surface area is 96.5 Å². The summed E-state index contributed by atoms with van der Waals surface area (Å²) in [5.41, 5.74) is 6.60. The maximum atomic E-state index is 13.4. The van der Waals surface area contributed by atoms with Crippen molar-refractivity contribution >= 4 is 17.3 Å². The Morgan fingerprint density at radius 2 is 1.75 bits per heavy atom. The molecule has 0 unspecified atom stereocenters. The lowest BCUT2D eigenvalue weighted by atomic mass is 10.0. The van der Waals surface area contributed by atoms with Gasteiger partial charge in [0.1, 0.15) is 11.6 Å². The minimum atomic E-state index is -0.497. The van der Waals surface area contributed by atoms with Crippen LogP contribution in [-0.2, 0) is 0 Å². The third-order valence-corrected chi connectivity index (χ3v) is 2.58. The van der Waals surface area contributed by atoms with E-state index in [4.69, 9.17) is 17.3 Å². The average molecular weight is 240 g/mol. The van der Waals surface area contributed by atoms with Crippen LogP contribution in [0.5, 0.6) is 0 Å². The number of nitrogen functional groups attached to an aromatic ring is 1. The number of hydrogen-bond donors (Lipinski definition) is 1. The summed E-state index contributed by atoms with van der Waals surface area (Å²) in [6.45, 7) is 0. The first-order valence-corrected chi connectivity index (χ1v) is 4.96. The molecule has 2 rings (SSSR count). The zero-order valence-electron chi connectivity index (χ0n) is 8.18. The fourth-order valence-corrected chi connectivity index (χ4v) is 1.55. The molecule has 0 aromatic heterocycles. The highest BCUT2D eigenvalue weighted by atomic mass is 35.5. The van der Waals surface area contributed by atoms with Gasteiger partial charge in [-0.15, -0.1) is 0 Å². The smallest absolute Gasteiger partial charge is 0.131 e. The second-order valence-corrected chi connectivity index (χ2v) is 3.77. The van der Waals surface area contributed by atoms with E-state index < -0.39 is 11.6 Å². The first-order valence-electron chi connectivity index (χ1n) is 4.58. The molecular weight excluding hydrogens is 232 g/mol. The van der Waals surface area contributed by atoms with Gasteiger partial charge >= 0.3 is 0 Å². The quantitative estimate of drug-likeness (QED) is 0.751. The standard InChI is InChI=1S/C12H8ClF2N/c13-10-3-1-7(5-12(10)16)9-6-8(14)2-4-11(9)15/h1-6H,16H2. The average Bonchev–Trinajstić information content (AvgIpc) is 2.26. The highest BCUT2D eigenvalue weighted by molar-refractivity contribution is 6.33. The van der Waals surface area contributed by atoms with Crippen LogP contribution in [0.25, 0.3) is 11.1 Å². The maximum Gasteiger partial charge on any atom is 0.131 e. The van der Waals surface area contributed by atoms with Crippen molar-refractivity contribution in [3.63, 3.8) is 0 Å². The largest absolute Gasteiger partial charge is 0.398 e. The Hall–Kier alpha value is -1.61. The molecule has 0 aliphatic rings. The van der Waals surface area contributed by atoms with Crippen LogP contribution < -0.4 is 5.73 Å². The van der Waals surface area contributed by atoms with Gasteiger partial charge in [-0.05, 0) is 35.9 Å². The summed E-state index contributed by atoms with van der Waals surface area (Å²) in [5, 5.41) is 0.389. The first-order chi connectivity index (χ1) is 7.58. The summed E-state index contributed by atoms with van der Waals surface area (Å²) >= 11 is 5.75. The molecule has 0 radical (unpaired) electrons. The molecule has 0 aliphatic heterocycles. The Kier molecular flexibility index (Phi) is 2.79. The van der Waals surface area contributed by atoms with Crippen molar-refractivity contribution in [2.24, 2.45) is 0 Å². The molecule has 0 amide bonds. The molecule has 0 atom stereocenters. The lowest BCUT2D eigenvalue weighted by Crippen LogP contribution is -1.90. The molecule has 0 heterocycles. The molecule has 1 nitrogen and oxygen atoms in total. The van der Waals surface area contributed by atoms with E-state index in [1.54, 1.807) is 12.1 Å². The Balaban J connectivity index is 2.58. The van der Waals surface area contributed by atoms with E-state index in [0.717, 1.165) is 18.2 Å². The molecule has 2 N–H and O–H groups in total. The van der Waals surface area contributed by atoms with Crippen molar-refractivity contribution in [2.75, 3.05) is 5.73 Å². The predicted molar refractivity (Wildman–Crippen MR) is 61.2 cm³/mol. The lowest BCUT2D eigenvalue weighted by Gasteiger charge is -2.05. The lowest BCUT2D eigenvalue weighted by molar-refractivity contribution is 0.603. The van der Waals surface area contributed by atoms with Crippen LogP contribution in [0, 0.1) is 11.6 Å². The van der Waals surface area contributed by atoms with E-state index in [1.165, 1.54) is 6.07 Å². The molecular formula is C12H8ClF2N. The van der Waals surface area contributed by atoms with Gasteiger partial charge in [0.15, 0.2) is 0 Å². The van der Waals surface area contributed by atoms with Crippen molar-refractivity contribution < 1.29 is 8.78 Å². The van der Waals surface area contributed by atoms with Gasteiger partial charge in [0, 0.05) is 5.56 Å². The Morgan fingerprint density at radius 3 is 2.44 bits per heavy atom. The van der Waals surface area contributed by atoms with Crippen molar-refractivity contribution in [3.05, 3.63) is 53.1 Å². The van der Waals surface area contributed by atoms with Crippen LogP contribution in [0.2, 0.25) is 5.02 Å². The number of nitrogens with two attached hydrogens (primary N) is 1. The Bertz CT molecular complexity index is 541. The molecule has 0 spiro atoms. The van der Waals surface area contributed by atoms with Gasteiger partial charge in [-0.1, -0.05) is 17.7 Å². The SMILES string of the molecule is Nc1cc(-c2cc(F)ccc2F)ccc1Cl. The monoisotopic (exact) mass is 239 g/mol. The van der Waals surface area contributed by atoms with Crippen LogP contribution in [-0.4, -0.2) is 0 Å². The van der Waals surface area contributed by atoms with E-state index in [1.807, 2.05) is 0 Å². The number of rotatable bonds is 1. The van der Waals surface area contributed by atoms with E-state index in [0.29, 0.717) is 16.3 Å². The molecule has 0 aliphatic carbocycles. The van der Waals surface area contributed by atoms with E-state index >= 15 is 0 Å². The minimum absolute atomic E-state index is 0.170. The summed E-state index contributed by atoms with van der Waals surface area (Å²) < 4.78 is 26.4. The third kappa shape index (κ3) is 1.99. The first kappa shape index (κ1) is 10.9. The van der Waals surface area contributed by atoms with Gasteiger partial charge < -0.3 is 5.73 Å². The van der Waals surface area contributed by atoms with Crippen molar-refractivity contribution in [3.8, 4) is 11.1 Å². The molecule has 82 valence electrons. The molecule has 2 aromatic carbocycles. The van der Waals surface area contributed by atoms with Crippen LogP contribution in [0.3, 0.4) is 0 Å². The third-order valence-electron chi connectivity index (χ3n) is 2.24.